The Morgan fingerprint density at radius 2 is 2.07 bits per heavy atom. The van der Waals surface area contributed by atoms with Gasteiger partial charge >= 0.3 is 0 Å². The fourth-order valence-electron chi connectivity index (χ4n) is 1.28. The van der Waals surface area contributed by atoms with Crippen LogP contribution < -0.4 is 11.1 Å². The lowest BCUT2D eigenvalue weighted by molar-refractivity contribution is -0.119. The number of nitrogens with one attached hydrogen (secondary N) is 1. The van der Waals surface area contributed by atoms with Gasteiger partial charge in [-0.3, -0.25) is 4.79 Å². The van der Waals surface area contributed by atoms with Gasteiger partial charge in [-0.05, 0) is 19.8 Å². The van der Waals surface area contributed by atoms with Gasteiger partial charge in [-0.1, -0.05) is 13.8 Å². The second kappa shape index (κ2) is 6.80. The van der Waals surface area contributed by atoms with E-state index in [1.807, 2.05) is 13.8 Å². The first-order valence-corrected chi connectivity index (χ1v) is 5.44. The summed E-state index contributed by atoms with van der Waals surface area (Å²) >= 11 is 0. The standard InChI is InChI=1S/C11H24N2O2/c1-9(2)8-15-6-5-13-11(3,4)7-10(12)14/h9,13H,5-8H2,1-4H3,(H2,12,14). The van der Waals surface area contributed by atoms with Crippen LogP contribution in [-0.4, -0.2) is 31.2 Å². The molecule has 0 aromatic heterocycles. The highest BCUT2D eigenvalue weighted by Gasteiger charge is 2.18. The van der Waals surface area contributed by atoms with Gasteiger partial charge in [0, 0.05) is 25.1 Å². The molecule has 0 saturated heterocycles. The van der Waals surface area contributed by atoms with Gasteiger partial charge in [0.2, 0.25) is 5.91 Å². The first-order valence-electron chi connectivity index (χ1n) is 5.44. The molecule has 0 atom stereocenters. The maximum atomic E-state index is 10.7. The van der Waals surface area contributed by atoms with Crippen molar-refractivity contribution in [1.29, 1.82) is 0 Å². The van der Waals surface area contributed by atoms with Crippen molar-refractivity contribution in [2.45, 2.75) is 39.7 Å². The topological polar surface area (TPSA) is 64.3 Å². The molecular formula is C11H24N2O2. The number of carbonyl (C=O) groups excluding carboxylic acids is 1. The molecule has 0 aliphatic carbocycles. The van der Waals surface area contributed by atoms with E-state index in [0.29, 0.717) is 18.9 Å². The SMILES string of the molecule is CC(C)COCCNC(C)(C)CC(N)=O. The number of rotatable bonds is 8. The van der Waals surface area contributed by atoms with Crippen LogP contribution in [0.5, 0.6) is 0 Å². The Kier molecular flexibility index (Phi) is 6.52. The molecule has 15 heavy (non-hydrogen) atoms. The minimum absolute atomic E-state index is 0.243. The number of amides is 1. The molecule has 4 heteroatoms. The summed E-state index contributed by atoms with van der Waals surface area (Å²) in [6, 6.07) is 0. The van der Waals surface area contributed by atoms with Crippen LogP contribution in [0.2, 0.25) is 0 Å². The van der Waals surface area contributed by atoms with E-state index in [0.717, 1.165) is 13.2 Å². The molecule has 0 aliphatic rings. The number of hydrogen-bond donors (Lipinski definition) is 2. The van der Waals surface area contributed by atoms with Crippen LogP contribution in [0.1, 0.15) is 34.1 Å². The van der Waals surface area contributed by atoms with Crippen LogP contribution in [0, 0.1) is 5.92 Å². The summed E-state index contributed by atoms with van der Waals surface area (Å²) < 4.78 is 5.42. The highest BCUT2D eigenvalue weighted by Crippen LogP contribution is 2.06. The molecule has 0 rings (SSSR count). The predicted octanol–water partition coefficient (Wildman–Crippen LogP) is 0.903. The maximum absolute atomic E-state index is 10.7. The number of ether oxygens (including phenoxy) is 1. The minimum Gasteiger partial charge on any atom is -0.380 e. The average Bonchev–Trinajstić information content (AvgIpc) is 1.99. The first kappa shape index (κ1) is 14.4. The van der Waals surface area contributed by atoms with Crippen molar-refractivity contribution in [2.24, 2.45) is 11.7 Å². The number of primary amides is 1. The lowest BCUT2D eigenvalue weighted by Gasteiger charge is -2.24. The largest absolute Gasteiger partial charge is 0.380 e. The second-order valence-corrected chi connectivity index (χ2v) is 4.92. The van der Waals surface area contributed by atoms with E-state index in [4.69, 9.17) is 10.5 Å². The normalized spacial score (nSPS) is 12.1. The molecule has 3 N–H and O–H groups in total. The molecule has 0 aromatic rings. The van der Waals surface area contributed by atoms with Gasteiger partial charge in [0.15, 0.2) is 0 Å². The molecule has 0 aliphatic heterocycles. The van der Waals surface area contributed by atoms with Crippen LogP contribution in [0.15, 0.2) is 0 Å². The molecule has 0 aromatic carbocycles. The van der Waals surface area contributed by atoms with Crippen molar-refractivity contribution < 1.29 is 9.53 Å². The molecule has 0 bridgehead atoms. The minimum atomic E-state index is -0.282. The van der Waals surface area contributed by atoms with Gasteiger partial charge in [-0.25, -0.2) is 0 Å². The molecule has 0 heterocycles. The third-order valence-corrected chi connectivity index (χ3v) is 1.92. The van der Waals surface area contributed by atoms with E-state index in [1.165, 1.54) is 0 Å². The Morgan fingerprint density at radius 3 is 2.53 bits per heavy atom. The monoisotopic (exact) mass is 216 g/mol. The van der Waals surface area contributed by atoms with Gasteiger partial charge in [0.25, 0.3) is 0 Å². The fourth-order valence-corrected chi connectivity index (χ4v) is 1.28. The van der Waals surface area contributed by atoms with Crippen LogP contribution in [0.25, 0.3) is 0 Å². The van der Waals surface area contributed by atoms with Crippen molar-refractivity contribution in [3.63, 3.8) is 0 Å². The van der Waals surface area contributed by atoms with E-state index in [-0.39, 0.29) is 11.4 Å². The van der Waals surface area contributed by atoms with Gasteiger partial charge in [-0.2, -0.15) is 0 Å². The zero-order chi connectivity index (χ0) is 11.9. The van der Waals surface area contributed by atoms with Crippen molar-refractivity contribution in [3.8, 4) is 0 Å². The quantitative estimate of drug-likeness (QED) is 0.593. The number of carbonyl (C=O) groups is 1. The summed E-state index contributed by atoms with van der Waals surface area (Å²) in [7, 11) is 0. The fraction of sp³-hybridized carbons (Fsp3) is 0.909. The Balaban J connectivity index is 3.53. The van der Waals surface area contributed by atoms with Crippen LogP contribution >= 0.6 is 0 Å². The summed E-state index contributed by atoms with van der Waals surface area (Å²) in [6.45, 7) is 10.3. The molecule has 0 radical (unpaired) electrons. The lowest BCUT2D eigenvalue weighted by atomic mass is 10.0. The summed E-state index contributed by atoms with van der Waals surface area (Å²) in [6.07, 6.45) is 0.344. The smallest absolute Gasteiger partial charge is 0.219 e. The summed E-state index contributed by atoms with van der Waals surface area (Å²) in [5.74, 6) is 0.277. The summed E-state index contributed by atoms with van der Waals surface area (Å²) in [5.41, 5.74) is 4.90. The Morgan fingerprint density at radius 1 is 1.47 bits per heavy atom. The van der Waals surface area contributed by atoms with E-state index >= 15 is 0 Å². The number of hydrogen-bond acceptors (Lipinski definition) is 3. The third kappa shape index (κ3) is 9.69. The van der Waals surface area contributed by atoms with Crippen LogP contribution in [-0.2, 0) is 9.53 Å². The number of nitrogens with two attached hydrogens (primary N) is 1. The maximum Gasteiger partial charge on any atom is 0.219 e. The van der Waals surface area contributed by atoms with Crippen molar-refractivity contribution >= 4 is 5.91 Å². The van der Waals surface area contributed by atoms with Gasteiger partial charge in [0.05, 0.1) is 6.61 Å². The van der Waals surface area contributed by atoms with E-state index in [1.54, 1.807) is 0 Å². The summed E-state index contributed by atoms with van der Waals surface area (Å²) in [4.78, 5) is 10.7. The van der Waals surface area contributed by atoms with E-state index in [9.17, 15) is 4.79 Å². The predicted molar refractivity (Wildman–Crippen MR) is 61.6 cm³/mol. The van der Waals surface area contributed by atoms with Gasteiger partial charge < -0.3 is 15.8 Å². The Labute approximate surface area is 92.6 Å². The Hall–Kier alpha value is -0.610. The van der Waals surface area contributed by atoms with Crippen molar-refractivity contribution in [3.05, 3.63) is 0 Å². The zero-order valence-electron chi connectivity index (χ0n) is 10.3. The lowest BCUT2D eigenvalue weighted by Crippen LogP contribution is -2.44. The highest BCUT2D eigenvalue weighted by molar-refractivity contribution is 5.74. The summed E-state index contributed by atoms with van der Waals surface area (Å²) in [5, 5.41) is 3.24. The van der Waals surface area contributed by atoms with Crippen molar-refractivity contribution in [2.75, 3.05) is 19.8 Å². The molecule has 0 saturated carbocycles. The molecule has 4 nitrogen and oxygen atoms in total. The van der Waals surface area contributed by atoms with Crippen LogP contribution in [0.4, 0.5) is 0 Å². The molecular weight excluding hydrogens is 192 g/mol. The average molecular weight is 216 g/mol. The van der Waals surface area contributed by atoms with Gasteiger partial charge in [0.1, 0.15) is 0 Å². The highest BCUT2D eigenvalue weighted by atomic mass is 16.5. The molecule has 0 unspecified atom stereocenters. The van der Waals surface area contributed by atoms with E-state index < -0.39 is 0 Å². The third-order valence-electron chi connectivity index (χ3n) is 1.92. The second-order valence-electron chi connectivity index (χ2n) is 4.92. The Bertz CT molecular complexity index is 191. The van der Waals surface area contributed by atoms with Gasteiger partial charge in [-0.15, -0.1) is 0 Å². The van der Waals surface area contributed by atoms with Crippen LogP contribution in [0.3, 0.4) is 0 Å². The van der Waals surface area contributed by atoms with Crippen molar-refractivity contribution in [1.82, 2.24) is 5.32 Å². The first-order chi connectivity index (χ1) is 6.83. The zero-order valence-corrected chi connectivity index (χ0v) is 10.3. The molecule has 90 valence electrons. The molecule has 0 spiro atoms. The van der Waals surface area contributed by atoms with E-state index in [2.05, 4.69) is 19.2 Å². The molecule has 0 fully saturated rings. The molecule has 1 amide bonds.